The van der Waals surface area contributed by atoms with Gasteiger partial charge >= 0.3 is 5.97 Å². The van der Waals surface area contributed by atoms with Crippen LogP contribution < -0.4 is 25.8 Å². The van der Waals surface area contributed by atoms with Gasteiger partial charge in [0.25, 0.3) is 20.2 Å². The van der Waals surface area contributed by atoms with E-state index >= 15 is 0 Å². The van der Waals surface area contributed by atoms with E-state index in [2.05, 4.69) is 21.4 Å². The van der Waals surface area contributed by atoms with Gasteiger partial charge in [0.05, 0.1) is 25.6 Å². The molecule has 17 nitrogen and oxygen atoms in total. The van der Waals surface area contributed by atoms with Crippen molar-refractivity contribution in [3.63, 3.8) is 0 Å². The van der Waals surface area contributed by atoms with Crippen LogP contribution in [0.2, 0.25) is 0 Å². The summed E-state index contributed by atoms with van der Waals surface area (Å²) < 4.78 is 79.3. The molecule has 0 amide bonds. The van der Waals surface area contributed by atoms with E-state index in [1.54, 1.807) is 36.4 Å². The normalized spacial score (nSPS) is 16.4. The van der Waals surface area contributed by atoms with E-state index < -0.39 is 64.6 Å². The number of hydrogen-bond donors (Lipinski definition) is 6. The van der Waals surface area contributed by atoms with Gasteiger partial charge in [-0.2, -0.15) is 21.9 Å². The summed E-state index contributed by atoms with van der Waals surface area (Å²) in [7, 11) is -7.00. The van der Waals surface area contributed by atoms with Crippen LogP contribution in [0.3, 0.4) is 0 Å². The van der Waals surface area contributed by atoms with Gasteiger partial charge in [0, 0.05) is 16.7 Å². The Morgan fingerprint density at radius 3 is 1.93 bits per heavy atom. The lowest BCUT2D eigenvalue weighted by Crippen LogP contribution is -2.33. The van der Waals surface area contributed by atoms with Crippen LogP contribution in [-0.4, -0.2) is 74.3 Å². The Balaban J connectivity index is 1.26. The van der Waals surface area contributed by atoms with Gasteiger partial charge in [-0.25, -0.2) is 4.79 Å². The smallest absolute Gasteiger partial charge is 0.339 e. The molecule has 3 aliphatic carbocycles. The Labute approximate surface area is 306 Å². The summed E-state index contributed by atoms with van der Waals surface area (Å²) >= 11 is 0. The number of rotatable bonds is 11. The summed E-state index contributed by atoms with van der Waals surface area (Å²) in [5.74, 6) is -3.71. The molecule has 0 fully saturated rings. The topological polar surface area (TPSA) is 264 Å². The minimum absolute atomic E-state index is 0.0380. The highest BCUT2D eigenvalue weighted by atomic mass is 32.2. The fraction of sp³-hybridized carbons (Fsp3) is 0.0571. The molecule has 6 rings (SSSR count). The first kappa shape index (κ1) is 37.1. The van der Waals surface area contributed by atoms with Crippen LogP contribution in [0.25, 0.3) is 16.0 Å². The van der Waals surface area contributed by atoms with Gasteiger partial charge in [-0.3, -0.25) is 39.8 Å². The summed E-state index contributed by atoms with van der Waals surface area (Å²) in [6, 6.07) is 15.5. The van der Waals surface area contributed by atoms with Gasteiger partial charge in [-0.05, 0) is 65.3 Å². The maximum absolute atomic E-state index is 13.3. The first-order chi connectivity index (χ1) is 25.5. The Morgan fingerprint density at radius 2 is 1.33 bits per heavy atom. The number of fused-ring (bicyclic) bond motifs is 2. The number of allylic oxidation sites excluding steroid dienone is 6. The van der Waals surface area contributed by atoms with Crippen LogP contribution in [0.1, 0.15) is 15.9 Å². The second-order valence-electron chi connectivity index (χ2n) is 11.5. The van der Waals surface area contributed by atoms with Crippen LogP contribution in [0.5, 0.6) is 11.5 Å². The average Bonchev–Trinajstić information content (AvgIpc) is 3.13. The van der Waals surface area contributed by atoms with E-state index in [1.165, 1.54) is 38.5 Å². The number of carboxylic acid groups (broad SMARTS) is 1. The summed E-state index contributed by atoms with van der Waals surface area (Å²) in [5, 5.41) is 13.4. The van der Waals surface area contributed by atoms with E-state index in [1.807, 2.05) is 0 Å². The number of methoxy groups -OCH3 is 2. The second-order valence-corrected chi connectivity index (χ2v) is 14.3. The molecule has 0 atom stereocenters. The number of carboxylic acids is 1. The Kier molecular flexibility index (Phi) is 9.65. The average molecular weight is 775 g/mol. The number of aliphatic carboxylic acids is 1. The van der Waals surface area contributed by atoms with Gasteiger partial charge in [0.15, 0.2) is 5.78 Å². The van der Waals surface area contributed by atoms with Crippen molar-refractivity contribution in [2.75, 3.05) is 25.1 Å². The first-order valence-corrected chi connectivity index (χ1v) is 18.1. The number of nitrogens with zero attached hydrogens (tertiary/aromatic N) is 1. The van der Waals surface area contributed by atoms with E-state index in [0.717, 1.165) is 24.3 Å². The summed E-state index contributed by atoms with van der Waals surface area (Å²) in [5.41, 5.74) is 7.45. The molecule has 6 N–H and O–H groups in total. The number of hydrazone groups is 1. The number of ketones is 3. The van der Waals surface area contributed by atoms with Crippen molar-refractivity contribution in [2.24, 2.45) is 5.10 Å². The van der Waals surface area contributed by atoms with Crippen molar-refractivity contribution in [1.82, 2.24) is 5.43 Å². The standard InChI is InChI=1S/C35H26N4O13S2/c1-51-28-12-17(7-9-24(28)36-38-26-16-30(53(45,46)47)20-5-3-4-6-21(20)33(26)41)18-8-10-25(29(13-18)52-2)37-39-32-31(54(48,49)50)14-19-11-23(35(43)44)27(40)15-22(19)34(32)42/h3-16,36-37,39H,1-2H3,(H,43,44)(H,45,46,47)(H,48,49,50). The van der Waals surface area contributed by atoms with Crippen LogP contribution in [0, 0.1) is 0 Å². The number of carbonyl (C=O) groups excluding carboxylic acids is 3. The third-order valence-corrected chi connectivity index (χ3v) is 10.0. The minimum atomic E-state index is -5.04. The Bertz CT molecular complexity index is 2630. The van der Waals surface area contributed by atoms with Gasteiger partial charge in [0.1, 0.15) is 38.3 Å². The molecule has 3 aromatic rings. The molecule has 3 aromatic carbocycles. The maximum Gasteiger partial charge on any atom is 0.339 e. The van der Waals surface area contributed by atoms with Gasteiger partial charge in [0.2, 0.25) is 11.6 Å². The minimum Gasteiger partial charge on any atom is -0.494 e. The number of anilines is 2. The lowest BCUT2D eigenvalue weighted by Gasteiger charge is -2.23. The van der Waals surface area contributed by atoms with Crippen LogP contribution >= 0.6 is 0 Å². The summed E-state index contributed by atoms with van der Waals surface area (Å²) in [6.45, 7) is 0. The van der Waals surface area contributed by atoms with Crippen molar-refractivity contribution < 1.29 is 59.7 Å². The van der Waals surface area contributed by atoms with Crippen LogP contribution in [0.15, 0.2) is 117 Å². The van der Waals surface area contributed by atoms with Crippen molar-refractivity contribution in [2.45, 2.75) is 0 Å². The Hall–Kier alpha value is -6.67. The third kappa shape index (κ3) is 7.06. The number of carbonyl (C=O) groups is 4. The van der Waals surface area contributed by atoms with E-state index in [9.17, 15) is 50.2 Å². The lowest BCUT2D eigenvalue weighted by atomic mass is 9.87. The van der Waals surface area contributed by atoms with Gasteiger partial charge in [-0.15, -0.1) is 0 Å². The molecule has 0 heterocycles. The predicted octanol–water partition coefficient (Wildman–Crippen LogP) is 3.31. The molecule has 0 unspecified atom stereocenters. The van der Waals surface area contributed by atoms with E-state index in [0.29, 0.717) is 16.8 Å². The molecule has 0 saturated carbocycles. The van der Waals surface area contributed by atoms with Crippen LogP contribution in [-0.2, 0) is 34.6 Å². The number of Topliss-reactive ketones (excluding diaryl/α,β-unsaturated/α-hetero) is 2. The molecule has 3 aliphatic rings. The number of nitrogens with one attached hydrogen (secondary N) is 3. The van der Waals surface area contributed by atoms with Crippen LogP contribution in [0.4, 0.5) is 11.4 Å². The van der Waals surface area contributed by atoms with E-state index in [4.69, 9.17) is 9.47 Å². The molecule has 0 saturated heterocycles. The fourth-order valence-electron chi connectivity index (χ4n) is 5.65. The maximum atomic E-state index is 13.3. The zero-order valence-electron chi connectivity index (χ0n) is 27.8. The zero-order chi connectivity index (χ0) is 39.1. The Morgan fingerprint density at radius 1 is 0.722 bits per heavy atom. The summed E-state index contributed by atoms with van der Waals surface area (Å²) in [4.78, 5) is 48.7. The molecule has 0 radical (unpaired) electrons. The fourth-order valence-corrected chi connectivity index (χ4v) is 7.04. The molecule has 54 heavy (non-hydrogen) atoms. The number of hydrogen-bond acceptors (Lipinski definition) is 14. The van der Waals surface area contributed by atoms with Crippen molar-refractivity contribution >= 4 is 65.5 Å². The molecule has 0 spiro atoms. The second kappa shape index (κ2) is 14.0. The SMILES string of the molecule is COc1cc(-c2ccc(NNC3=C(S(=O)(=O)O)C=C4C=C(C(=O)O)C(=O)C=C4C3=O)c(OC)c2)ccc1NN=C1C=C(S(=O)(=O)O)c2ccccc2C1=O. The van der Waals surface area contributed by atoms with Crippen molar-refractivity contribution in [3.05, 3.63) is 123 Å². The van der Waals surface area contributed by atoms with Gasteiger partial charge in [-0.1, -0.05) is 36.4 Å². The molecule has 19 heteroatoms. The number of benzene rings is 3. The molecule has 0 bridgehead atoms. The van der Waals surface area contributed by atoms with E-state index in [-0.39, 0.29) is 45.2 Å². The predicted molar refractivity (Wildman–Crippen MR) is 194 cm³/mol. The highest BCUT2D eigenvalue weighted by Gasteiger charge is 2.36. The first-order valence-electron chi connectivity index (χ1n) is 15.3. The lowest BCUT2D eigenvalue weighted by molar-refractivity contribution is -0.134. The van der Waals surface area contributed by atoms with Gasteiger partial charge < -0.3 is 14.6 Å². The highest BCUT2D eigenvalue weighted by molar-refractivity contribution is 7.95. The zero-order valence-corrected chi connectivity index (χ0v) is 29.4. The largest absolute Gasteiger partial charge is 0.494 e. The van der Waals surface area contributed by atoms with Crippen molar-refractivity contribution in [3.8, 4) is 22.6 Å². The quantitative estimate of drug-likeness (QED) is 0.0927. The van der Waals surface area contributed by atoms with Crippen molar-refractivity contribution in [1.29, 1.82) is 0 Å². The molecule has 276 valence electrons. The number of ether oxygens (including phenoxy) is 2. The summed E-state index contributed by atoms with van der Waals surface area (Å²) in [6.07, 6.45) is 3.43. The molecule has 0 aromatic heterocycles. The third-order valence-electron chi connectivity index (χ3n) is 8.24. The molecular weight excluding hydrogens is 749 g/mol. The number of hydrazine groups is 1. The highest BCUT2D eigenvalue weighted by Crippen LogP contribution is 2.37. The molecule has 0 aliphatic heterocycles. The molecular formula is C35H26N4O13S2. The monoisotopic (exact) mass is 774 g/mol.